The fourth-order valence-electron chi connectivity index (χ4n) is 2.73. The third-order valence-electron chi connectivity index (χ3n) is 4.15. The first-order valence-corrected chi connectivity index (χ1v) is 8.42. The molecule has 1 fully saturated rings. The predicted molar refractivity (Wildman–Crippen MR) is 99.8 cm³/mol. The summed E-state index contributed by atoms with van der Waals surface area (Å²) in [6, 6.07) is 3.67. The van der Waals surface area contributed by atoms with E-state index in [1.165, 1.54) is 0 Å². The second-order valence-electron chi connectivity index (χ2n) is 5.80. The van der Waals surface area contributed by atoms with Crippen LogP contribution in [-0.2, 0) is 0 Å². The minimum atomic E-state index is -0.148. The lowest BCUT2D eigenvalue weighted by atomic mass is 10.2. The zero-order valence-electron chi connectivity index (χ0n) is 14.8. The average molecular weight is 354 g/mol. The summed E-state index contributed by atoms with van der Waals surface area (Å²) < 4.78 is 5.13. The normalized spacial score (nSPS) is 14.0. The van der Waals surface area contributed by atoms with Gasteiger partial charge in [-0.2, -0.15) is 4.98 Å². The Morgan fingerprint density at radius 1 is 1.19 bits per heavy atom. The molecule has 0 unspecified atom stereocenters. The van der Waals surface area contributed by atoms with E-state index in [4.69, 9.17) is 4.74 Å². The molecule has 136 valence electrons. The molecule has 3 rings (SSSR count). The second-order valence-corrected chi connectivity index (χ2v) is 5.80. The molecular formula is C18H22N6O2. The maximum atomic E-state index is 11.9. The topological polar surface area (TPSA) is 83.5 Å². The number of hydrogen-bond donors (Lipinski definition) is 1. The summed E-state index contributed by atoms with van der Waals surface area (Å²) in [5.41, 5.74) is 0.542. The summed E-state index contributed by atoms with van der Waals surface area (Å²) in [5, 5.41) is 2.74. The molecular weight excluding hydrogens is 332 g/mol. The van der Waals surface area contributed by atoms with Crippen LogP contribution in [0.25, 0.3) is 0 Å². The summed E-state index contributed by atoms with van der Waals surface area (Å²) in [7, 11) is 1.58. The van der Waals surface area contributed by atoms with E-state index >= 15 is 0 Å². The standard InChI is InChI=1S/C18H22N6O2/c1-3-6-20-18(25)14-4-5-15(21-11-14)23-7-9-24(10-8-23)16-12-19-13-17(22-16)26-2/h3-5,11-13H,1,6-10H2,2H3,(H,20,25). The number of pyridine rings is 1. The molecule has 8 nitrogen and oxygen atoms in total. The predicted octanol–water partition coefficient (Wildman–Crippen LogP) is 1.12. The van der Waals surface area contributed by atoms with Crippen LogP contribution in [-0.4, -0.2) is 60.7 Å². The first kappa shape index (κ1) is 17.7. The van der Waals surface area contributed by atoms with Crippen LogP contribution < -0.4 is 19.9 Å². The summed E-state index contributed by atoms with van der Waals surface area (Å²) in [5.74, 6) is 2.04. The van der Waals surface area contributed by atoms with Crippen molar-refractivity contribution >= 4 is 17.5 Å². The maximum Gasteiger partial charge on any atom is 0.253 e. The maximum absolute atomic E-state index is 11.9. The van der Waals surface area contributed by atoms with Gasteiger partial charge in [-0.05, 0) is 12.1 Å². The number of amides is 1. The third-order valence-corrected chi connectivity index (χ3v) is 4.15. The lowest BCUT2D eigenvalue weighted by molar-refractivity contribution is 0.0957. The number of piperazine rings is 1. The first-order chi connectivity index (χ1) is 12.7. The van der Waals surface area contributed by atoms with E-state index < -0.39 is 0 Å². The van der Waals surface area contributed by atoms with Crippen molar-refractivity contribution in [2.45, 2.75) is 0 Å². The molecule has 0 saturated carbocycles. The van der Waals surface area contributed by atoms with Crippen molar-refractivity contribution in [1.82, 2.24) is 20.3 Å². The zero-order valence-corrected chi connectivity index (χ0v) is 14.8. The number of rotatable bonds is 6. The highest BCUT2D eigenvalue weighted by molar-refractivity contribution is 5.94. The molecule has 0 spiro atoms. The van der Waals surface area contributed by atoms with Gasteiger partial charge in [-0.1, -0.05) is 6.08 Å². The van der Waals surface area contributed by atoms with E-state index in [1.54, 1.807) is 37.8 Å². The fourth-order valence-corrected chi connectivity index (χ4v) is 2.73. The summed E-state index contributed by atoms with van der Waals surface area (Å²) in [4.78, 5) is 29.3. The Hall–Kier alpha value is -3.16. The van der Waals surface area contributed by atoms with Crippen LogP contribution in [0.2, 0.25) is 0 Å². The van der Waals surface area contributed by atoms with Gasteiger partial charge in [0.2, 0.25) is 5.88 Å². The van der Waals surface area contributed by atoms with E-state index in [9.17, 15) is 4.79 Å². The Morgan fingerprint density at radius 3 is 2.54 bits per heavy atom. The van der Waals surface area contributed by atoms with Gasteiger partial charge in [0.05, 0.1) is 25.1 Å². The number of hydrogen-bond acceptors (Lipinski definition) is 7. The molecule has 1 saturated heterocycles. The van der Waals surface area contributed by atoms with Crippen molar-refractivity contribution < 1.29 is 9.53 Å². The van der Waals surface area contributed by atoms with Crippen LogP contribution in [0, 0.1) is 0 Å². The summed E-state index contributed by atoms with van der Waals surface area (Å²) >= 11 is 0. The highest BCUT2D eigenvalue weighted by Crippen LogP contribution is 2.19. The molecule has 0 bridgehead atoms. The number of nitrogens with zero attached hydrogens (tertiary/aromatic N) is 5. The minimum Gasteiger partial charge on any atom is -0.480 e. The molecule has 3 heterocycles. The quantitative estimate of drug-likeness (QED) is 0.778. The molecule has 0 atom stereocenters. The van der Waals surface area contributed by atoms with Crippen LogP contribution in [0.1, 0.15) is 10.4 Å². The van der Waals surface area contributed by atoms with Crippen molar-refractivity contribution in [3.8, 4) is 5.88 Å². The number of methoxy groups -OCH3 is 1. The Labute approximate surface area is 152 Å². The minimum absolute atomic E-state index is 0.148. The fraction of sp³-hybridized carbons (Fsp3) is 0.333. The SMILES string of the molecule is C=CCNC(=O)c1ccc(N2CCN(c3cncc(OC)n3)CC2)nc1. The number of aromatic nitrogens is 3. The van der Waals surface area contributed by atoms with Crippen molar-refractivity contribution in [2.24, 2.45) is 0 Å². The molecule has 1 amide bonds. The monoisotopic (exact) mass is 354 g/mol. The van der Waals surface area contributed by atoms with Crippen LogP contribution >= 0.6 is 0 Å². The first-order valence-electron chi connectivity index (χ1n) is 8.42. The van der Waals surface area contributed by atoms with Gasteiger partial charge in [-0.25, -0.2) is 4.98 Å². The van der Waals surface area contributed by atoms with E-state index in [2.05, 4.69) is 36.6 Å². The van der Waals surface area contributed by atoms with Crippen LogP contribution in [0.3, 0.4) is 0 Å². The van der Waals surface area contributed by atoms with Gasteiger partial charge >= 0.3 is 0 Å². The highest BCUT2D eigenvalue weighted by atomic mass is 16.5. The third kappa shape index (κ3) is 4.08. The molecule has 1 aliphatic heterocycles. The zero-order chi connectivity index (χ0) is 18.4. The number of anilines is 2. The molecule has 26 heavy (non-hydrogen) atoms. The lowest BCUT2D eigenvalue weighted by Gasteiger charge is -2.35. The average Bonchev–Trinajstić information content (AvgIpc) is 2.72. The molecule has 1 aliphatic rings. The van der Waals surface area contributed by atoms with E-state index in [0.717, 1.165) is 37.8 Å². The van der Waals surface area contributed by atoms with Crippen LogP contribution in [0.5, 0.6) is 5.88 Å². The molecule has 2 aromatic rings. The van der Waals surface area contributed by atoms with E-state index in [1.807, 2.05) is 6.07 Å². The molecule has 1 N–H and O–H groups in total. The summed E-state index contributed by atoms with van der Waals surface area (Å²) in [6.07, 6.45) is 6.59. The van der Waals surface area contributed by atoms with Gasteiger partial charge in [-0.15, -0.1) is 6.58 Å². The number of carbonyl (C=O) groups is 1. The Morgan fingerprint density at radius 2 is 1.92 bits per heavy atom. The number of carbonyl (C=O) groups excluding carboxylic acids is 1. The smallest absolute Gasteiger partial charge is 0.253 e. The highest BCUT2D eigenvalue weighted by Gasteiger charge is 2.20. The Kier molecular flexibility index (Phi) is 5.62. The van der Waals surface area contributed by atoms with Crippen LogP contribution in [0.15, 0.2) is 43.4 Å². The Balaban J connectivity index is 1.59. The molecule has 8 heteroatoms. The van der Waals surface area contributed by atoms with Gasteiger partial charge in [0.15, 0.2) is 5.82 Å². The van der Waals surface area contributed by atoms with Gasteiger partial charge in [0, 0.05) is 38.9 Å². The lowest BCUT2D eigenvalue weighted by Crippen LogP contribution is -2.47. The van der Waals surface area contributed by atoms with Crippen molar-refractivity contribution in [2.75, 3.05) is 49.6 Å². The van der Waals surface area contributed by atoms with E-state index in [-0.39, 0.29) is 5.91 Å². The van der Waals surface area contributed by atoms with Gasteiger partial charge < -0.3 is 19.9 Å². The molecule has 2 aromatic heterocycles. The van der Waals surface area contributed by atoms with Gasteiger partial charge in [0.1, 0.15) is 5.82 Å². The van der Waals surface area contributed by atoms with Gasteiger partial charge in [-0.3, -0.25) is 9.78 Å². The number of ether oxygens (including phenoxy) is 1. The second kappa shape index (κ2) is 8.28. The molecule has 0 aliphatic carbocycles. The number of nitrogens with one attached hydrogen (secondary N) is 1. The largest absolute Gasteiger partial charge is 0.480 e. The molecule has 0 aromatic carbocycles. The van der Waals surface area contributed by atoms with Gasteiger partial charge in [0.25, 0.3) is 5.91 Å². The Bertz CT molecular complexity index is 757. The van der Waals surface area contributed by atoms with Crippen molar-refractivity contribution in [1.29, 1.82) is 0 Å². The van der Waals surface area contributed by atoms with Crippen molar-refractivity contribution in [3.05, 3.63) is 48.9 Å². The van der Waals surface area contributed by atoms with Crippen LogP contribution in [0.4, 0.5) is 11.6 Å². The van der Waals surface area contributed by atoms with Crippen molar-refractivity contribution in [3.63, 3.8) is 0 Å². The summed E-state index contributed by atoms with van der Waals surface area (Å²) in [6.45, 7) is 7.27. The molecule has 0 radical (unpaired) electrons. The van der Waals surface area contributed by atoms with E-state index in [0.29, 0.717) is 18.0 Å².